The average molecular weight is 355 g/mol. The lowest BCUT2D eigenvalue weighted by Crippen LogP contribution is -2.22. The number of nitrogens with zero attached hydrogens (tertiary/aromatic N) is 1. The highest BCUT2D eigenvalue weighted by Gasteiger charge is 2.16. The molecule has 1 aliphatic rings. The Morgan fingerprint density at radius 3 is 2.56 bits per heavy atom. The van der Waals surface area contributed by atoms with E-state index in [4.69, 9.17) is 4.99 Å². The molecule has 27 heavy (non-hydrogen) atoms. The number of amides is 1. The maximum atomic E-state index is 12.6. The molecule has 0 aromatic heterocycles. The van der Waals surface area contributed by atoms with Crippen LogP contribution < -0.4 is 10.6 Å². The Balaban J connectivity index is 1.61. The number of aliphatic imine (C=N–C) groups is 1. The first kappa shape index (κ1) is 17.0. The van der Waals surface area contributed by atoms with E-state index >= 15 is 0 Å². The Kier molecular flexibility index (Phi) is 4.71. The Labute approximate surface area is 159 Å². The Hall–Kier alpha value is -3.40. The van der Waals surface area contributed by atoms with Gasteiger partial charge in [-0.2, -0.15) is 0 Å². The van der Waals surface area contributed by atoms with Crippen LogP contribution in [0.25, 0.3) is 0 Å². The van der Waals surface area contributed by atoms with Crippen LogP contribution in [0.5, 0.6) is 0 Å². The fraction of sp³-hybridized carbons (Fsp3) is 0.130. The second-order valence-electron chi connectivity index (χ2n) is 6.48. The van der Waals surface area contributed by atoms with E-state index < -0.39 is 0 Å². The predicted octanol–water partition coefficient (Wildman–Crippen LogP) is 5.20. The molecule has 0 fully saturated rings. The van der Waals surface area contributed by atoms with Crippen molar-refractivity contribution in [3.05, 3.63) is 89.5 Å². The Morgan fingerprint density at radius 1 is 0.963 bits per heavy atom. The third-order valence-electron chi connectivity index (χ3n) is 4.65. The summed E-state index contributed by atoms with van der Waals surface area (Å²) in [6.07, 6.45) is 0.822. The van der Waals surface area contributed by atoms with Crippen molar-refractivity contribution in [3.63, 3.8) is 0 Å². The maximum absolute atomic E-state index is 12.6. The fourth-order valence-corrected chi connectivity index (χ4v) is 3.22. The second kappa shape index (κ2) is 7.46. The monoisotopic (exact) mass is 355 g/mol. The summed E-state index contributed by atoms with van der Waals surface area (Å²) in [7, 11) is 0. The van der Waals surface area contributed by atoms with E-state index in [1.165, 1.54) is 0 Å². The van der Waals surface area contributed by atoms with E-state index in [1.807, 2.05) is 60.7 Å². The molecule has 1 amide bonds. The number of hydrogen-bond donors (Lipinski definition) is 2. The van der Waals surface area contributed by atoms with Gasteiger partial charge in [0.25, 0.3) is 5.91 Å². The molecular formula is C23H21N3O. The Morgan fingerprint density at radius 2 is 1.74 bits per heavy atom. The Bertz CT molecular complexity index is 1010. The van der Waals surface area contributed by atoms with Gasteiger partial charge in [-0.1, -0.05) is 55.5 Å². The van der Waals surface area contributed by atoms with E-state index in [2.05, 4.69) is 29.7 Å². The van der Waals surface area contributed by atoms with Gasteiger partial charge in [-0.25, -0.2) is 0 Å². The third kappa shape index (κ3) is 3.60. The number of carbonyl (C=O) groups excluding carboxylic acids is 1. The molecule has 4 nitrogen and oxygen atoms in total. The molecule has 3 aromatic rings. The van der Waals surface area contributed by atoms with E-state index in [0.717, 1.165) is 40.3 Å². The highest BCUT2D eigenvalue weighted by atomic mass is 16.1. The summed E-state index contributed by atoms with van der Waals surface area (Å²) in [5, 5.41) is 6.42. The number of anilines is 2. The summed E-state index contributed by atoms with van der Waals surface area (Å²) >= 11 is 0. The van der Waals surface area contributed by atoms with Crippen LogP contribution in [0.4, 0.5) is 17.1 Å². The smallest absolute Gasteiger partial charge is 0.251 e. The molecule has 134 valence electrons. The molecule has 3 aromatic carbocycles. The van der Waals surface area contributed by atoms with Gasteiger partial charge in [-0.3, -0.25) is 9.79 Å². The van der Waals surface area contributed by atoms with E-state index in [9.17, 15) is 4.79 Å². The zero-order valence-electron chi connectivity index (χ0n) is 15.2. The van der Waals surface area contributed by atoms with Crippen molar-refractivity contribution in [2.24, 2.45) is 4.99 Å². The van der Waals surface area contributed by atoms with Crippen molar-refractivity contribution in [1.29, 1.82) is 0 Å². The maximum Gasteiger partial charge on any atom is 0.251 e. The van der Waals surface area contributed by atoms with Crippen LogP contribution >= 0.6 is 0 Å². The van der Waals surface area contributed by atoms with Crippen molar-refractivity contribution in [1.82, 2.24) is 5.32 Å². The summed E-state index contributed by atoms with van der Waals surface area (Å²) < 4.78 is 0. The average Bonchev–Trinajstić information content (AvgIpc) is 2.88. The van der Waals surface area contributed by atoms with Gasteiger partial charge in [0.2, 0.25) is 0 Å². The van der Waals surface area contributed by atoms with Crippen LogP contribution in [0, 0.1) is 0 Å². The van der Waals surface area contributed by atoms with Crippen molar-refractivity contribution in [2.75, 3.05) is 5.32 Å². The standard InChI is InChI=1S/C23H21N3O/c1-2-19-18-10-6-7-11-20(18)26-21-13-12-17(14-22(21)25-19)23(27)24-15-16-8-4-3-5-9-16/h3-14,26H,2,15H2,1H3,(H,24,27). The number of rotatable bonds is 4. The molecule has 0 spiro atoms. The number of hydrogen-bond acceptors (Lipinski definition) is 3. The van der Waals surface area contributed by atoms with Crippen LogP contribution in [0.2, 0.25) is 0 Å². The van der Waals surface area contributed by atoms with E-state index in [1.54, 1.807) is 0 Å². The van der Waals surface area contributed by atoms with Gasteiger partial charge in [0.1, 0.15) is 0 Å². The molecule has 0 unspecified atom stereocenters. The lowest BCUT2D eigenvalue weighted by atomic mass is 10.1. The molecule has 1 aliphatic heterocycles. The zero-order chi connectivity index (χ0) is 18.6. The first-order chi connectivity index (χ1) is 13.2. The summed E-state index contributed by atoms with van der Waals surface area (Å²) in [4.78, 5) is 17.4. The van der Waals surface area contributed by atoms with Crippen LogP contribution in [-0.4, -0.2) is 11.6 Å². The second-order valence-corrected chi connectivity index (χ2v) is 6.48. The van der Waals surface area contributed by atoms with Gasteiger partial charge in [0.15, 0.2) is 0 Å². The summed E-state index contributed by atoms with van der Waals surface area (Å²) in [5.41, 5.74) is 6.53. The molecule has 4 heteroatoms. The molecule has 0 atom stereocenters. The quantitative estimate of drug-likeness (QED) is 0.675. The molecular weight excluding hydrogens is 334 g/mol. The minimum atomic E-state index is -0.100. The van der Waals surface area contributed by atoms with Crippen LogP contribution in [0.15, 0.2) is 77.8 Å². The lowest BCUT2D eigenvalue weighted by Gasteiger charge is -2.10. The minimum absolute atomic E-state index is 0.100. The normalized spacial score (nSPS) is 12.1. The number of carbonyl (C=O) groups is 1. The highest BCUT2D eigenvalue weighted by Crippen LogP contribution is 2.35. The van der Waals surface area contributed by atoms with Gasteiger partial charge in [-0.05, 0) is 36.2 Å². The molecule has 2 N–H and O–H groups in total. The topological polar surface area (TPSA) is 53.5 Å². The van der Waals surface area contributed by atoms with Crippen molar-refractivity contribution < 1.29 is 4.79 Å². The molecule has 0 saturated heterocycles. The minimum Gasteiger partial charge on any atom is -0.353 e. The van der Waals surface area contributed by atoms with Gasteiger partial charge in [-0.15, -0.1) is 0 Å². The molecule has 0 saturated carbocycles. The SMILES string of the molecule is CCC1=Nc2cc(C(=O)NCc3ccccc3)ccc2Nc2ccccc21. The van der Waals surface area contributed by atoms with Crippen LogP contribution in [0.3, 0.4) is 0 Å². The highest BCUT2D eigenvalue weighted by molar-refractivity contribution is 6.09. The summed E-state index contributed by atoms with van der Waals surface area (Å²) in [6.45, 7) is 2.60. The number of nitrogens with one attached hydrogen (secondary N) is 2. The number of benzene rings is 3. The van der Waals surface area contributed by atoms with Crippen LogP contribution in [-0.2, 0) is 6.54 Å². The van der Waals surface area contributed by atoms with Gasteiger partial charge in [0, 0.05) is 23.4 Å². The zero-order valence-corrected chi connectivity index (χ0v) is 15.2. The first-order valence-corrected chi connectivity index (χ1v) is 9.15. The van der Waals surface area contributed by atoms with Gasteiger partial charge < -0.3 is 10.6 Å². The molecule has 1 heterocycles. The number of para-hydroxylation sites is 1. The number of fused-ring (bicyclic) bond motifs is 2. The summed E-state index contributed by atoms with van der Waals surface area (Å²) in [6, 6.07) is 23.7. The van der Waals surface area contributed by atoms with E-state index in [0.29, 0.717) is 12.1 Å². The lowest BCUT2D eigenvalue weighted by molar-refractivity contribution is 0.0951. The molecule has 0 aliphatic carbocycles. The molecule has 0 bridgehead atoms. The third-order valence-corrected chi connectivity index (χ3v) is 4.65. The fourth-order valence-electron chi connectivity index (χ4n) is 3.22. The van der Waals surface area contributed by atoms with Crippen molar-refractivity contribution >= 4 is 28.7 Å². The molecule has 0 radical (unpaired) electrons. The van der Waals surface area contributed by atoms with E-state index in [-0.39, 0.29) is 5.91 Å². The summed E-state index contributed by atoms with van der Waals surface area (Å²) in [5.74, 6) is -0.100. The van der Waals surface area contributed by atoms with Gasteiger partial charge >= 0.3 is 0 Å². The van der Waals surface area contributed by atoms with Crippen LogP contribution in [0.1, 0.15) is 34.8 Å². The largest absolute Gasteiger partial charge is 0.353 e. The van der Waals surface area contributed by atoms with Gasteiger partial charge in [0.05, 0.1) is 17.1 Å². The first-order valence-electron chi connectivity index (χ1n) is 9.15. The van der Waals surface area contributed by atoms with Crippen molar-refractivity contribution in [3.8, 4) is 0 Å². The van der Waals surface area contributed by atoms with Crippen molar-refractivity contribution in [2.45, 2.75) is 19.9 Å². The molecule has 4 rings (SSSR count). The predicted molar refractivity (Wildman–Crippen MR) is 110 cm³/mol.